The van der Waals surface area contributed by atoms with Crippen LogP contribution in [0.3, 0.4) is 0 Å². The van der Waals surface area contributed by atoms with E-state index in [0.29, 0.717) is 48.4 Å². The summed E-state index contributed by atoms with van der Waals surface area (Å²) >= 11 is 0. The predicted octanol–water partition coefficient (Wildman–Crippen LogP) is 3.50. The Morgan fingerprint density at radius 1 is 1.00 bits per heavy atom. The average Bonchev–Trinajstić information content (AvgIpc) is 2.68. The van der Waals surface area contributed by atoms with E-state index in [1.807, 2.05) is 4.90 Å². The van der Waals surface area contributed by atoms with Crippen LogP contribution in [0.15, 0.2) is 41.2 Å². The standard InChI is InChI=1S/C21H18F4N4O/c22-14-5-13(6-15(23)8-14)10-29-4-3-19-16(11-29)20(30)28-21(27-19)26-9-12-1-2-17(24)18(25)7-12/h1-2,5-8H,3-4,9-11H2,(H2,26,27,28,30). The third-order valence-electron chi connectivity index (χ3n) is 4.92. The number of aromatic amines is 1. The molecule has 2 aromatic carbocycles. The molecule has 3 aromatic rings. The highest BCUT2D eigenvalue weighted by molar-refractivity contribution is 5.33. The first-order chi connectivity index (χ1) is 14.4. The summed E-state index contributed by atoms with van der Waals surface area (Å²) in [5.74, 6) is -2.91. The fraction of sp³-hybridized carbons (Fsp3) is 0.238. The minimum atomic E-state index is -0.945. The van der Waals surface area contributed by atoms with E-state index in [1.54, 1.807) is 0 Å². The SMILES string of the molecule is O=c1[nH]c(NCc2ccc(F)c(F)c2)nc2c1CN(Cc1cc(F)cc(F)c1)CC2. The number of hydrogen-bond acceptors (Lipinski definition) is 4. The number of nitrogens with one attached hydrogen (secondary N) is 2. The van der Waals surface area contributed by atoms with E-state index >= 15 is 0 Å². The molecule has 0 fully saturated rings. The van der Waals surface area contributed by atoms with Gasteiger partial charge in [0.2, 0.25) is 5.95 Å². The summed E-state index contributed by atoms with van der Waals surface area (Å²) in [6.45, 7) is 1.35. The van der Waals surface area contributed by atoms with E-state index in [4.69, 9.17) is 0 Å². The number of aromatic nitrogens is 2. The van der Waals surface area contributed by atoms with Crippen LogP contribution in [0.2, 0.25) is 0 Å². The topological polar surface area (TPSA) is 61.0 Å². The number of H-pyrrole nitrogens is 1. The molecule has 0 saturated heterocycles. The van der Waals surface area contributed by atoms with Crippen molar-refractivity contribution in [2.24, 2.45) is 0 Å². The summed E-state index contributed by atoms with van der Waals surface area (Å²) in [5.41, 5.74) is 1.81. The quantitative estimate of drug-likeness (QED) is 0.623. The van der Waals surface area contributed by atoms with Gasteiger partial charge in [-0.15, -0.1) is 0 Å². The Morgan fingerprint density at radius 3 is 2.50 bits per heavy atom. The lowest BCUT2D eigenvalue weighted by atomic mass is 10.1. The summed E-state index contributed by atoms with van der Waals surface area (Å²) < 4.78 is 53.1. The smallest absolute Gasteiger partial charge is 0.257 e. The maximum absolute atomic E-state index is 13.4. The molecule has 30 heavy (non-hydrogen) atoms. The molecule has 1 aromatic heterocycles. The third-order valence-corrected chi connectivity index (χ3v) is 4.92. The van der Waals surface area contributed by atoms with Crippen LogP contribution in [0, 0.1) is 23.3 Å². The number of nitrogens with zero attached hydrogens (tertiary/aromatic N) is 2. The second kappa shape index (κ2) is 8.27. The molecule has 2 heterocycles. The number of hydrogen-bond donors (Lipinski definition) is 2. The zero-order valence-electron chi connectivity index (χ0n) is 15.8. The average molecular weight is 418 g/mol. The van der Waals surface area contributed by atoms with Crippen molar-refractivity contribution in [3.8, 4) is 0 Å². The molecule has 0 radical (unpaired) electrons. The van der Waals surface area contributed by atoms with Gasteiger partial charge in [0.25, 0.3) is 5.56 Å². The Kier molecular flexibility index (Phi) is 5.54. The second-order valence-corrected chi connectivity index (χ2v) is 7.18. The largest absolute Gasteiger partial charge is 0.352 e. The van der Waals surface area contributed by atoms with Crippen molar-refractivity contribution >= 4 is 5.95 Å². The zero-order valence-corrected chi connectivity index (χ0v) is 15.8. The Morgan fingerprint density at radius 2 is 1.77 bits per heavy atom. The summed E-state index contributed by atoms with van der Waals surface area (Å²) in [5, 5.41) is 2.91. The molecule has 0 unspecified atom stereocenters. The Hall–Kier alpha value is -3.20. The van der Waals surface area contributed by atoms with E-state index < -0.39 is 23.3 Å². The lowest BCUT2D eigenvalue weighted by Gasteiger charge is -2.27. The summed E-state index contributed by atoms with van der Waals surface area (Å²) in [6, 6.07) is 6.91. The number of halogens is 4. The summed E-state index contributed by atoms with van der Waals surface area (Å²) in [7, 11) is 0. The molecule has 1 aliphatic rings. The lowest BCUT2D eigenvalue weighted by Crippen LogP contribution is -2.35. The van der Waals surface area contributed by atoms with Gasteiger partial charge in [-0.05, 0) is 35.4 Å². The monoisotopic (exact) mass is 418 g/mol. The van der Waals surface area contributed by atoms with Crippen LogP contribution in [0.25, 0.3) is 0 Å². The van der Waals surface area contributed by atoms with Crippen LogP contribution in [0.4, 0.5) is 23.5 Å². The normalized spacial score (nSPS) is 13.9. The van der Waals surface area contributed by atoms with Gasteiger partial charge in [-0.2, -0.15) is 0 Å². The maximum Gasteiger partial charge on any atom is 0.257 e. The number of benzene rings is 2. The first kappa shape index (κ1) is 20.1. The van der Waals surface area contributed by atoms with E-state index in [9.17, 15) is 22.4 Å². The highest BCUT2D eigenvalue weighted by Crippen LogP contribution is 2.19. The van der Waals surface area contributed by atoms with Crippen LogP contribution in [0.5, 0.6) is 0 Å². The van der Waals surface area contributed by atoms with Crippen LogP contribution < -0.4 is 10.9 Å². The van der Waals surface area contributed by atoms with Gasteiger partial charge < -0.3 is 5.32 Å². The fourth-order valence-corrected chi connectivity index (χ4v) is 3.50. The number of rotatable bonds is 5. The molecule has 156 valence electrons. The van der Waals surface area contributed by atoms with Gasteiger partial charge in [0.1, 0.15) is 11.6 Å². The minimum absolute atomic E-state index is 0.163. The van der Waals surface area contributed by atoms with E-state index in [2.05, 4.69) is 15.3 Å². The number of anilines is 1. The molecule has 0 amide bonds. The molecule has 1 aliphatic heterocycles. The van der Waals surface area contributed by atoms with Crippen molar-refractivity contribution in [1.29, 1.82) is 0 Å². The number of fused-ring (bicyclic) bond motifs is 1. The van der Waals surface area contributed by atoms with Crippen molar-refractivity contribution < 1.29 is 17.6 Å². The first-order valence-electron chi connectivity index (χ1n) is 9.34. The Bertz CT molecular complexity index is 1130. The van der Waals surface area contributed by atoms with Crippen molar-refractivity contribution in [3.05, 3.63) is 92.4 Å². The molecule has 0 saturated carbocycles. The van der Waals surface area contributed by atoms with Crippen molar-refractivity contribution in [1.82, 2.24) is 14.9 Å². The molecule has 5 nitrogen and oxygen atoms in total. The third kappa shape index (κ3) is 4.51. The molecule has 9 heteroatoms. The summed E-state index contributed by atoms with van der Waals surface area (Å²) in [6.07, 6.45) is 0.497. The van der Waals surface area contributed by atoms with Gasteiger partial charge in [0, 0.05) is 38.7 Å². The molecular weight excluding hydrogens is 400 g/mol. The van der Waals surface area contributed by atoms with Crippen LogP contribution in [-0.2, 0) is 26.1 Å². The Balaban J connectivity index is 1.45. The second-order valence-electron chi connectivity index (χ2n) is 7.18. The van der Waals surface area contributed by atoms with E-state index in [-0.39, 0.29) is 18.1 Å². The zero-order chi connectivity index (χ0) is 21.3. The minimum Gasteiger partial charge on any atom is -0.352 e. The van der Waals surface area contributed by atoms with Gasteiger partial charge in [0.15, 0.2) is 11.6 Å². The molecule has 0 atom stereocenters. The van der Waals surface area contributed by atoms with Gasteiger partial charge in [-0.25, -0.2) is 22.5 Å². The molecule has 4 rings (SSSR count). The van der Waals surface area contributed by atoms with Crippen molar-refractivity contribution in [3.63, 3.8) is 0 Å². The molecule has 0 bridgehead atoms. The Labute approximate surface area is 169 Å². The molecular formula is C21H18F4N4O. The fourth-order valence-electron chi connectivity index (χ4n) is 3.50. The van der Waals surface area contributed by atoms with Crippen molar-refractivity contribution in [2.45, 2.75) is 26.1 Å². The molecule has 0 spiro atoms. The van der Waals surface area contributed by atoms with Crippen LogP contribution in [-0.4, -0.2) is 21.4 Å². The van der Waals surface area contributed by atoms with E-state index in [0.717, 1.165) is 18.2 Å². The maximum atomic E-state index is 13.4. The lowest BCUT2D eigenvalue weighted by molar-refractivity contribution is 0.241. The highest BCUT2D eigenvalue weighted by atomic mass is 19.2. The van der Waals surface area contributed by atoms with Gasteiger partial charge in [0.05, 0.1) is 11.3 Å². The predicted molar refractivity (Wildman–Crippen MR) is 103 cm³/mol. The van der Waals surface area contributed by atoms with Crippen molar-refractivity contribution in [2.75, 3.05) is 11.9 Å². The highest BCUT2D eigenvalue weighted by Gasteiger charge is 2.21. The first-order valence-corrected chi connectivity index (χ1v) is 9.34. The summed E-state index contributed by atoms with van der Waals surface area (Å²) in [4.78, 5) is 21.5. The molecule has 0 aliphatic carbocycles. The van der Waals surface area contributed by atoms with Gasteiger partial charge in [-0.3, -0.25) is 14.7 Å². The molecule has 2 N–H and O–H groups in total. The van der Waals surface area contributed by atoms with Gasteiger partial charge in [-0.1, -0.05) is 6.07 Å². The van der Waals surface area contributed by atoms with Crippen LogP contribution in [0.1, 0.15) is 22.4 Å². The van der Waals surface area contributed by atoms with Crippen LogP contribution >= 0.6 is 0 Å². The van der Waals surface area contributed by atoms with Gasteiger partial charge >= 0.3 is 0 Å². The van der Waals surface area contributed by atoms with E-state index in [1.165, 1.54) is 18.2 Å².